The molecule has 1 N–H and O–H groups in total. The maximum absolute atomic E-state index is 13.1. The van der Waals surface area contributed by atoms with E-state index in [1.807, 2.05) is 25.1 Å². The minimum atomic E-state index is -0.254. The van der Waals surface area contributed by atoms with E-state index in [1.165, 1.54) is 12.1 Å². The smallest absolute Gasteiger partial charge is 0.143 e. The van der Waals surface area contributed by atoms with Crippen LogP contribution in [0.1, 0.15) is 17.2 Å². The van der Waals surface area contributed by atoms with Crippen LogP contribution in [0.2, 0.25) is 0 Å². The second kappa shape index (κ2) is 4.85. The summed E-state index contributed by atoms with van der Waals surface area (Å²) in [7, 11) is 0. The average molecular weight is 322 g/mol. The van der Waals surface area contributed by atoms with Crippen LogP contribution in [0, 0.1) is 12.7 Å². The van der Waals surface area contributed by atoms with Crippen molar-refractivity contribution in [3.8, 4) is 5.75 Å². The Morgan fingerprint density at radius 2 is 2.11 bits per heavy atom. The fourth-order valence-electron chi connectivity index (χ4n) is 2.21. The average Bonchev–Trinajstić information content (AvgIpc) is 2.38. The summed E-state index contributed by atoms with van der Waals surface area (Å²) in [4.78, 5) is 0. The predicted molar refractivity (Wildman–Crippen MR) is 77.1 cm³/mol. The third-order valence-electron chi connectivity index (χ3n) is 3.19. The van der Waals surface area contributed by atoms with Crippen LogP contribution < -0.4 is 10.1 Å². The van der Waals surface area contributed by atoms with Gasteiger partial charge in [0, 0.05) is 10.0 Å². The largest absolute Gasteiger partial charge is 0.482 e. The van der Waals surface area contributed by atoms with Gasteiger partial charge in [0.2, 0.25) is 0 Å². The van der Waals surface area contributed by atoms with E-state index in [-0.39, 0.29) is 11.9 Å². The lowest BCUT2D eigenvalue weighted by molar-refractivity contribution is 0.209. The van der Waals surface area contributed by atoms with Crippen molar-refractivity contribution in [2.45, 2.75) is 13.0 Å². The molecule has 0 aromatic heterocycles. The highest BCUT2D eigenvalue weighted by atomic mass is 79.9. The van der Waals surface area contributed by atoms with Gasteiger partial charge in [-0.05, 0) is 36.8 Å². The van der Waals surface area contributed by atoms with Gasteiger partial charge in [0.1, 0.15) is 17.7 Å². The van der Waals surface area contributed by atoms with Crippen LogP contribution in [0.3, 0.4) is 0 Å². The van der Waals surface area contributed by atoms with Crippen molar-refractivity contribution in [1.29, 1.82) is 0 Å². The van der Waals surface area contributed by atoms with Gasteiger partial charge in [-0.25, -0.2) is 4.39 Å². The zero-order chi connectivity index (χ0) is 13.4. The van der Waals surface area contributed by atoms with E-state index in [0.29, 0.717) is 6.54 Å². The summed E-state index contributed by atoms with van der Waals surface area (Å²) >= 11 is 3.39. The maximum Gasteiger partial charge on any atom is 0.143 e. The fraction of sp³-hybridized carbons (Fsp3) is 0.200. The number of hydrogen-bond donors (Lipinski definition) is 1. The predicted octanol–water partition coefficient (Wildman–Crippen LogP) is 4.44. The number of rotatable bonds is 1. The zero-order valence-electron chi connectivity index (χ0n) is 10.4. The Hall–Kier alpha value is -1.55. The van der Waals surface area contributed by atoms with Crippen LogP contribution in [0.4, 0.5) is 10.1 Å². The standard InChI is InChI=1S/C15H13BrFNO/c1-9-2-5-13-14(6-9)19-15(8-18-13)11-4-3-10(17)7-12(11)16/h2-7,15,18H,8H2,1H3. The Kier molecular flexibility index (Phi) is 3.19. The van der Waals surface area contributed by atoms with Crippen molar-refractivity contribution < 1.29 is 9.13 Å². The lowest BCUT2D eigenvalue weighted by atomic mass is 10.1. The highest BCUT2D eigenvalue weighted by Crippen LogP contribution is 2.36. The molecule has 0 radical (unpaired) electrons. The SMILES string of the molecule is Cc1ccc2c(c1)OC(c1ccc(F)cc1Br)CN2. The molecule has 0 aliphatic carbocycles. The molecule has 1 aliphatic rings. The molecule has 19 heavy (non-hydrogen) atoms. The lowest BCUT2D eigenvalue weighted by Crippen LogP contribution is -2.24. The van der Waals surface area contributed by atoms with E-state index in [2.05, 4.69) is 21.2 Å². The van der Waals surface area contributed by atoms with E-state index in [9.17, 15) is 4.39 Å². The molecule has 1 aliphatic heterocycles. The Bertz CT molecular complexity index is 630. The lowest BCUT2D eigenvalue weighted by Gasteiger charge is -2.28. The Morgan fingerprint density at radius 3 is 2.89 bits per heavy atom. The number of benzene rings is 2. The van der Waals surface area contributed by atoms with Gasteiger partial charge in [-0.1, -0.05) is 28.1 Å². The van der Waals surface area contributed by atoms with E-state index >= 15 is 0 Å². The first-order chi connectivity index (χ1) is 9.13. The summed E-state index contributed by atoms with van der Waals surface area (Å²) in [6.07, 6.45) is -0.121. The molecular formula is C15H13BrFNO. The molecule has 0 spiro atoms. The van der Waals surface area contributed by atoms with Gasteiger partial charge in [0.05, 0.1) is 12.2 Å². The van der Waals surface area contributed by atoms with Crippen LogP contribution in [0.5, 0.6) is 5.75 Å². The van der Waals surface area contributed by atoms with Crippen molar-refractivity contribution in [2.24, 2.45) is 0 Å². The summed E-state index contributed by atoms with van der Waals surface area (Å²) in [6.45, 7) is 2.70. The molecule has 4 heteroatoms. The van der Waals surface area contributed by atoms with E-state index in [4.69, 9.17) is 4.74 Å². The second-order valence-corrected chi connectivity index (χ2v) is 5.51. The number of halogens is 2. The number of nitrogens with one attached hydrogen (secondary N) is 1. The molecule has 2 aromatic carbocycles. The van der Waals surface area contributed by atoms with Crippen LogP contribution in [0.15, 0.2) is 40.9 Å². The monoisotopic (exact) mass is 321 g/mol. The number of fused-ring (bicyclic) bond motifs is 1. The van der Waals surface area contributed by atoms with Crippen molar-refractivity contribution in [3.05, 3.63) is 57.8 Å². The third kappa shape index (κ3) is 2.45. The zero-order valence-corrected chi connectivity index (χ0v) is 12.0. The van der Waals surface area contributed by atoms with Crippen LogP contribution in [0.25, 0.3) is 0 Å². The quantitative estimate of drug-likeness (QED) is 0.838. The fourth-order valence-corrected chi connectivity index (χ4v) is 2.81. The van der Waals surface area contributed by atoms with Gasteiger partial charge in [-0.15, -0.1) is 0 Å². The first-order valence-electron chi connectivity index (χ1n) is 6.09. The van der Waals surface area contributed by atoms with Crippen LogP contribution in [-0.2, 0) is 0 Å². The molecule has 0 saturated heterocycles. The molecule has 1 unspecified atom stereocenters. The molecule has 0 bridgehead atoms. The molecule has 2 aromatic rings. The number of aryl methyl sites for hydroxylation is 1. The third-order valence-corrected chi connectivity index (χ3v) is 3.88. The van der Waals surface area contributed by atoms with Crippen molar-refractivity contribution in [3.63, 3.8) is 0 Å². The molecule has 0 fully saturated rings. The summed E-state index contributed by atoms with van der Waals surface area (Å²) in [5, 5.41) is 3.34. The summed E-state index contributed by atoms with van der Waals surface area (Å²) in [5.41, 5.74) is 3.10. The van der Waals surface area contributed by atoms with Gasteiger partial charge >= 0.3 is 0 Å². The van der Waals surface area contributed by atoms with Gasteiger partial charge in [0.25, 0.3) is 0 Å². The Balaban J connectivity index is 1.93. The topological polar surface area (TPSA) is 21.3 Å². The van der Waals surface area contributed by atoms with Gasteiger partial charge in [-0.3, -0.25) is 0 Å². The summed E-state index contributed by atoms with van der Waals surface area (Å²) in [5.74, 6) is 0.586. The maximum atomic E-state index is 13.1. The van der Waals surface area contributed by atoms with E-state index in [0.717, 1.165) is 27.0 Å². The van der Waals surface area contributed by atoms with Crippen molar-refractivity contribution >= 4 is 21.6 Å². The molecule has 1 heterocycles. The molecule has 1 atom stereocenters. The minimum absolute atomic E-state index is 0.121. The number of ether oxygens (including phenoxy) is 1. The Labute approximate surface area is 119 Å². The van der Waals surface area contributed by atoms with Crippen molar-refractivity contribution in [1.82, 2.24) is 0 Å². The van der Waals surface area contributed by atoms with Gasteiger partial charge in [-0.2, -0.15) is 0 Å². The highest BCUT2D eigenvalue weighted by Gasteiger charge is 2.22. The van der Waals surface area contributed by atoms with E-state index in [1.54, 1.807) is 6.07 Å². The molecule has 3 rings (SSSR count). The molecule has 98 valence electrons. The molecule has 2 nitrogen and oxygen atoms in total. The normalized spacial score (nSPS) is 17.3. The summed E-state index contributed by atoms with van der Waals surface area (Å²) in [6, 6.07) is 10.7. The molecular weight excluding hydrogens is 309 g/mol. The second-order valence-electron chi connectivity index (χ2n) is 4.65. The van der Waals surface area contributed by atoms with Gasteiger partial charge in [0.15, 0.2) is 0 Å². The summed E-state index contributed by atoms with van der Waals surface area (Å²) < 4.78 is 19.9. The van der Waals surface area contributed by atoms with Gasteiger partial charge < -0.3 is 10.1 Å². The first kappa shape index (κ1) is 12.5. The molecule has 0 amide bonds. The van der Waals surface area contributed by atoms with Crippen molar-refractivity contribution in [2.75, 3.05) is 11.9 Å². The Morgan fingerprint density at radius 1 is 1.26 bits per heavy atom. The number of anilines is 1. The van der Waals surface area contributed by atoms with Crippen LogP contribution in [-0.4, -0.2) is 6.54 Å². The van der Waals surface area contributed by atoms with Crippen LogP contribution >= 0.6 is 15.9 Å². The molecule has 0 saturated carbocycles. The van der Waals surface area contributed by atoms with E-state index < -0.39 is 0 Å². The first-order valence-corrected chi connectivity index (χ1v) is 6.89. The minimum Gasteiger partial charge on any atom is -0.482 e. The highest BCUT2D eigenvalue weighted by molar-refractivity contribution is 9.10. The number of hydrogen-bond acceptors (Lipinski definition) is 2.